The second kappa shape index (κ2) is 5.95. The van der Waals surface area contributed by atoms with Crippen LogP contribution < -0.4 is 0 Å². The Kier molecular flexibility index (Phi) is 5.64. The van der Waals surface area contributed by atoms with Crippen LogP contribution in [0.15, 0.2) is 0 Å². The average Bonchev–Trinajstić information content (AvgIpc) is 1.96. The van der Waals surface area contributed by atoms with Gasteiger partial charge in [-0.05, 0) is 18.5 Å². The first-order valence-corrected chi connectivity index (χ1v) is 4.38. The molecule has 2 N–H and O–H groups in total. The summed E-state index contributed by atoms with van der Waals surface area (Å²) in [6, 6.07) is 0. The molecule has 0 fully saturated rings. The Morgan fingerprint density at radius 2 is 1.42 bits per heavy atom. The first kappa shape index (κ1) is 11.4. The predicted molar refractivity (Wildman–Crippen MR) is 47.2 cm³/mol. The maximum absolute atomic E-state index is 10.1. The molecule has 0 aliphatic carbocycles. The van der Waals surface area contributed by atoms with Crippen LogP contribution >= 0.6 is 9.24 Å². The first-order chi connectivity index (χ1) is 5.52. The van der Waals surface area contributed by atoms with Gasteiger partial charge >= 0.3 is 11.9 Å². The van der Waals surface area contributed by atoms with Crippen LogP contribution in [0.3, 0.4) is 0 Å². The standard InChI is InChI=1S/C7H13O4P/c8-6(9)3-1-5(12)2-4-7(10)11/h5H,1-4,12H2,(H,8,9)(H,10,11). The molecule has 0 spiro atoms. The number of hydrogen-bond acceptors (Lipinski definition) is 2. The van der Waals surface area contributed by atoms with Crippen molar-refractivity contribution in [1.29, 1.82) is 0 Å². The van der Waals surface area contributed by atoms with E-state index in [0.717, 1.165) is 0 Å². The predicted octanol–water partition coefficient (Wildman–Crippen LogP) is 0.960. The van der Waals surface area contributed by atoms with Crippen molar-refractivity contribution in [3.8, 4) is 0 Å². The molecule has 0 amide bonds. The van der Waals surface area contributed by atoms with E-state index in [1.807, 2.05) is 0 Å². The Balaban J connectivity index is 3.39. The molecular formula is C7H13O4P. The van der Waals surface area contributed by atoms with Crippen LogP contribution in [-0.2, 0) is 9.59 Å². The number of rotatable bonds is 6. The van der Waals surface area contributed by atoms with Crippen molar-refractivity contribution in [1.82, 2.24) is 0 Å². The topological polar surface area (TPSA) is 74.6 Å². The lowest BCUT2D eigenvalue weighted by atomic mass is 10.1. The molecule has 0 saturated heterocycles. The SMILES string of the molecule is O=C(O)CCC(P)CCC(=O)O. The summed E-state index contributed by atoms with van der Waals surface area (Å²) in [6.07, 6.45) is 1.25. The van der Waals surface area contributed by atoms with E-state index in [1.165, 1.54) is 0 Å². The highest BCUT2D eigenvalue weighted by Gasteiger charge is 2.07. The highest BCUT2D eigenvalue weighted by Crippen LogP contribution is 2.14. The molecule has 1 unspecified atom stereocenters. The summed E-state index contributed by atoms with van der Waals surface area (Å²) in [6.45, 7) is 0. The Labute approximate surface area is 73.2 Å². The average molecular weight is 192 g/mol. The molecule has 0 aliphatic heterocycles. The van der Waals surface area contributed by atoms with E-state index >= 15 is 0 Å². The van der Waals surface area contributed by atoms with Crippen LogP contribution in [0.25, 0.3) is 0 Å². The summed E-state index contributed by atoms with van der Waals surface area (Å²) in [4.78, 5) is 20.2. The zero-order valence-corrected chi connectivity index (χ0v) is 7.85. The molecule has 0 aromatic heterocycles. The number of hydrogen-bond donors (Lipinski definition) is 2. The molecule has 0 aromatic carbocycles. The van der Waals surface area contributed by atoms with E-state index in [1.54, 1.807) is 0 Å². The molecular weight excluding hydrogens is 179 g/mol. The van der Waals surface area contributed by atoms with Crippen molar-refractivity contribution in [2.24, 2.45) is 0 Å². The zero-order chi connectivity index (χ0) is 9.56. The highest BCUT2D eigenvalue weighted by molar-refractivity contribution is 7.17. The van der Waals surface area contributed by atoms with Gasteiger partial charge < -0.3 is 10.2 Å². The Morgan fingerprint density at radius 3 is 1.67 bits per heavy atom. The smallest absolute Gasteiger partial charge is 0.303 e. The van der Waals surface area contributed by atoms with Gasteiger partial charge in [-0.25, -0.2) is 0 Å². The van der Waals surface area contributed by atoms with Crippen molar-refractivity contribution in [3.63, 3.8) is 0 Å². The molecule has 4 nitrogen and oxygen atoms in total. The molecule has 70 valence electrons. The molecule has 1 atom stereocenters. The van der Waals surface area contributed by atoms with Gasteiger partial charge in [-0.1, -0.05) is 0 Å². The van der Waals surface area contributed by atoms with E-state index in [2.05, 4.69) is 9.24 Å². The van der Waals surface area contributed by atoms with Crippen LogP contribution in [0.4, 0.5) is 0 Å². The molecule has 0 saturated carbocycles. The summed E-state index contributed by atoms with van der Waals surface area (Å²) in [5.74, 6) is -1.67. The molecule has 0 bridgehead atoms. The Morgan fingerprint density at radius 1 is 1.08 bits per heavy atom. The molecule has 0 radical (unpaired) electrons. The van der Waals surface area contributed by atoms with E-state index < -0.39 is 11.9 Å². The fourth-order valence-electron chi connectivity index (χ4n) is 0.762. The van der Waals surface area contributed by atoms with Gasteiger partial charge in [0, 0.05) is 12.8 Å². The van der Waals surface area contributed by atoms with Crippen molar-refractivity contribution >= 4 is 21.2 Å². The molecule has 0 aliphatic rings. The third-order valence-electron chi connectivity index (χ3n) is 1.46. The van der Waals surface area contributed by atoms with Gasteiger partial charge in [0.2, 0.25) is 0 Å². The van der Waals surface area contributed by atoms with Crippen molar-refractivity contribution < 1.29 is 19.8 Å². The van der Waals surface area contributed by atoms with E-state index in [0.29, 0.717) is 12.8 Å². The molecule has 0 rings (SSSR count). The maximum Gasteiger partial charge on any atom is 0.303 e. The monoisotopic (exact) mass is 192 g/mol. The van der Waals surface area contributed by atoms with Crippen LogP contribution in [0, 0.1) is 0 Å². The number of carboxylic acids is 2. The molecule has 5 heteroatoms. The van der Waals surface area contributed by atoms with Gasteiger partial charge in [0.15, 0.2) is 0 Å². The highest BCUT2D eigenvalue weighted by atomic mass is 31.0. The fourth-order valence-corrected chi connectivity index (χ4v) is 1.10. The van der Waals surface area contributed by atoms with Crippen molar-refractivity contribution in [3.05, 3.63) is 0 Å². The number of carboxylic acid groups (broad SMARTS) is 2. The minimum Gasteiger partial charge on any atom is -0.481 e. The van der Waals surface area contributed by atoms with Crippen LogP contribution in [0.1, 0.15) is 25.7 Å². The lowest BCUT2D eigenvalue weighted by Crippen LogP contribution is -2.05. The molecule has 0 aromatic rings. The maximum atomic E-state index is 10.1. The third-order valence-corrected chi connectivity index (χ3v) is 2.12. The third kappa shape index (κ3) is 7.48. The van der Waals surface area contributed by atoms with Gasteiger partial charge in [-0.2, -0.15) is 0 Å². The summed E-state index contributed by atoms with van der Waals surface area (Å²) in [5.41, 5.74) is 0.0946. The summed E-state index contributed by atoms with van der Waals surface area (Å²) in [7, 11) is 2.46. The molecule has 0 heterocycles. The Bertz CT molecular complexity index is 151. The minimum atomic E-state index is -0.835. The van der Waals surface area contributed by atoms with Gasteiger partial charge in [0.25, 0.3) is 0 Å². The van der Waals surface area contributed by atoms with Crippen LogP contribution in [-0.4, -0.2) is 27.8 Å². The van der Waals surface area contributed by atoms with Crippen LogP contribution in [0.2, 0.25) is 0 Å². The van der Waals surface area contributed by atoms with E-state index in [4.69, 9.17) is 10.2 Å². The largest absolute Gasteiger partial charge is 0.481 e. The van der Waals surface area contributed by atoms with Gasteiger partial charge in [-0.3, -0.25) is 9.59 Å². The second-order valence-electron chi connectivity index (χ2n) is 2.62. The van der Waals surface area contributed by atoms with Crippen LogP contribution in [0.5, 0.6) is 0 Å². The summed E-state index contributed by atoms with van der Waals surface area (Å²) >= 11 is 0. The van der Waals surface area contributed by atoms with E-state index in [9.17, 15) is 9.59 Å². The normalized spacial score (nSPS) is 10.2. The van der Waals surface area contributed by atoms with Crippen molar-refractivity contribution in [2.75, 3.05) is 0 Å². The fraction of sp³-hybridized carbons (Fsp3) is 0.714. The molecule has 12 heavy (non-hydrogen) atoms. The lowest BCUT2D eigenvalue weighted by molar-refractivity contribution is -0.137. The summed E-state index contributed by atoms with van der Waals surface area (Å²) < 4.78 is 0. The minimum absolute atomic E-state index is 0.0946. The first-order valence-electron chi connectivity index (χ1n) is 3.71. The van der Waals surface area contributed by atoms with Gasteiger partial charge in [0.05, 0.1) is 0 Å². The zero-order valence-electron chi connectivity index (χ0n) is 6.69. The van der Waals surface area contributed by atoms with Gasteiger partial charge in [0.1, 0.15) is 0 Å². The van der Waals surface area contributed by atoms with E-state index in [-0.39, 0.29) is 18.5 Å². The second-order valence-corrected chi connectivity index (χ2v) is 3.57. The number of carbonyl (C=O) groups is 2. The quantitative estimate of drug-likeness (QED) is 0.614. The lowest BCUT2D eigenvalue weighted by Gasteiger charge is -2.06. The van der Waals surface area contributed by atoms with Crippen molar-refractivity contribution in [2.45, 2.75) is 31.3 Å². The number of aliphatic carboxylic acids is 2. The summed E-state index contributed by atoms with van der Waals surface area (Å²) in [5, 5.41) is 16.6. The van der Waals surface area contributed by atoms with Gasteiger partial charge in [-0.15, -0.1) is 9.24 Å². The Hall–Kier alpha value is -0.630.